The molecule has 0 amide bonds. The van der Waals surface area contributed by atoms with E-state index in [9.17, 15) is 9.59 Å². The predicted octanol–water partition coefficient (Wildman–Crippen LogP) is 6.46. The third-order valence-electron chi connectivity index (χ3n) is 8.35. The van der Waals surface area contributed by atoms with Crippen LogP contribution in [0.15, 0.2) is 10.2 Å². The molecule has 0 spiro atoms. The summed E-state index contributed by atoms with van der Waals surface area (Å²) >= 11 is 0. The second kappa shape index (κ2) is 42.6. The molecule has 0 bridgehead atoms. The van der Waals surface area contributed by atoms with E-state index in [4.69, 9.17) is 62.5 Å². The van der Waals surface area contributed by atoms with Crippen LogP contribution in [-0.4, -0.2) is 173 Å². The molecule has 0 rings (SSSR count). The van der Waals surface area contributed by atoms with Crippen LogP contribution in [0.1, 0.15) is 51.4 Å². The molecule has 0 aromatic heterocycles. The number of azide groups is 2. The number of carbonyl (C=O) groups excluding carboxylic acids is 2. The first-order valence-electron chi connectivity index (χ1n) is 21.1. The Morgan fingerprint density at radius 1 is 0.390 bits per heavy atom. The maximum Gasteiger partial charge on any atom is 0.173 e. The predicted molar refractivity (Wildman–Crippen MR) is 229 cm³/mol. The van der Waals surface area contributed by atoms with Crippen molar-refractivity contribution in [1.29, 1.82) is 0 Å². The van der Waals surface area contributed by atoms with E-state index in [1.165, 1.54) is 0 Å². The highest BCUT2D eigenvalue weighted by molar-refractivity contribution is 6.84. The molecule has 0 saturated carbocycles. The molecular formula is C38H76N6O13Si2. The Bertz CT molecular complexity index is 1020. The lowest BCUT2D eigenvalue weighted by Gasteiger charge is -2.34. The molecule has 19 nitrogen and oxygen atoms in total. The molecule has 0 heterocycles. The van der Waals surface area contributed by atoms with E-state index in [0.717, 1.165) is 37.8 Å². The van der Waals surface area contributed by atoms with Gasteiger partial charge in [0.2, 0.25) is 0 Å². The van der Waals surface area contributed by atoms with Gasteiger partial charge in [-0.05, 0) is 62.2 Å². The van der Waals surface area contributed by atoms with Gasteiger partial charge in [-0.1, -0.05) is 23.1 Å². The van der Waals surface area contributed by atoms with Crippen LogP contribution >= 0.6 is 0 Å². The van der Waals surface area contributed by atoms with E-state index in [0.29, 0.717) is 171 Å². The maximum absolute atomic E-state index is 12.3. The third-order valence-corrected chi connectivity index (χ3v) is 15.9. The number of ketones is 2. The summed E-state index contributed by atoms with van der Waals surface area (Å²) in [5, 5.41) is 6.76. The van der Waals surface area contributed by atoms with Crippen LogP contribution in [0.2, 0.25) is 38.3 Å². The second-order valence-electron chi connectivity index (χ2n) is 14.6. The van der Waals surface area contributed by atoms with E-state index >= 15 is 0 Å². The summed E-state index contributed by atoms with van der Waals surface area (Å²) in [6.07, 6.45) is 5.69. The van der Waals surface area contributed by atoms with Crippen molar-refractivity contribution >= 4 is 28.2 Å². The summed E-state index contributed by atoms with van der Waals surface area (Å²) in [5.41, 5.74) is 16.4. The number of nitrogens with zero attached hydrogens (tertiary/aromatic N) is 6. The van der Waals surface area contributed by atoms with Crippen LogP contribution in [0.3, 0.4) is 0 Å². The van der Waals surface area contributed by atoms with E-state index in [1.807, 2.05) is 0 Å². The Labute approximate surface area is 354 Å². The fourth-order valence-electron chi connectivity index (χ4n) is 5.48. The molecule has 21 heteroatoms. The molecule has 0 unspecified atom stereocenters. The van der Waals surface area contributed by atoms with Gasteiger partial charge in [0.25, 0.3) is 0 Å². The standard InChI is InChI=1S/C38H76N6O13Si2/c1-58(2,35-7-5-9-37(45)11-15-47-19-23-51-27-31-55-33-29-53-25-21-49-17-13-41-43-39)57-59(3,4)36-8-6-10-38(46)12-16-48-20-24-52-28-32-56-34-30-54-26-22-50-18-14-42-44-40/h5-36H2,1-4H3. The van der Waals surface area contributed by atoms with E-state index in [-0.39, 0.29) is 11.6 Å². The quantitative estimate of drug-likeness (QED) is 0.0210. The van der Waals surface area contributed by atoms with Crippen molar-refractivity contribution in [1.82, 2.24) is 0 Å². The molecular weight excluding hydrogens is 805 g/mol. The Morgan fingerprint density at radius 3 is 0.915 bits per heavy atom. The zero-order valence-electron chi connectivity index (χ0n) is 36.6. The van der Waals surface area contributed by atoms with Gasteiger partial charge >= 0.3 is 0 Å². The summed E-state index contributed by atoms with van der Waals surface area (Å²) < 4.78 is 61.0. The van der Waals surface area contributed by atoms with Crippen molar-refractivity contribution in [2.24, 2.45) is 10.2 Å². The van der Waals surface area contributed by atoms with Crippen molar-refractivity contribution in [3.8, 4) is 0 Å². The second-order valence-corrected chi connectivity index (χ2v) is 23.5. The van der Waals surface area contributed by atoms with Crippen LogP contribution in [-0.2, 0) is 61.1 Å². The molecule has 0 atom stereocenters. The lowest BCUT2D eigenvalue weighted by Crippen LogP contribution is -2.44. The molecule has 0 aromatic rings. The number of unbranched alkanes of at least 4 members (excludes halogenated alkanes) is 2. The van der Waals surface area contributed by atoms with E-state index < -0.39 is 16.6 Å². The van der Waals surface area contributed by atoms with E-state index in [1.54, 1.807) is 0 Å². The van der Waals surface area contributed by atoms with E-state index in [2.05, 4.69) is 46.2 Å². The number of rotatable bonds is 48. The van der Waals surface area contributed by atoms with Gasteiger partial charge in [-0.25, -0.2) is 0 Å². The number of hydrogen-bond acceptors (Lipinski definition) is 15. The Morgan fingerprint density at radius 2 is 0.644 bits per heavy atom. The Balaban J connectivity index is 3.62. The van der Waals surface area contributed by atoms with Crippen LogP contribution in [0.25, 0.3) is 20.9 Å². The van der Waals surface area contributed by atoms with Crippen molar-refractivity contribution in [3.05, 3.63) is 20.9 Å². The molecule has 0 aliphatic heterocycles. The minimum atomic E-state index is -1.85. The molecule has 0 aliphatic carbocycles. The molecule has 0 saturated heterocycles. The first-order chi connectivity index (χ1) is 28.6. The van der Waals surface area contributed by atoms with Crippen molar-refractivity contribution in [3.63, 3.8) is 0 Å². The van der Waals surface area contributed by atoms with Crippen molar-refractivity contribution in [2.75, 3.05) is 145 Å². The summed E-state index contributed by atoms with van der Waals surface area (Å²) in [6, 6.07) is 2.07. The van der Waals surface area contributed by atoms with Crippen molar-refractivity contribution in [2.45, 2.75) is 89.6 Å². The molecule has 0 N–H and O–H groups in total. The number of carbonyl (C=O) groups is 2. The first-order valence-corrected chi connectivity index (χ1v) is 27.4. The zero-order valence-corrected chi connectivity index (χ0v) is 38.6. The lowest BCUT2D eigenvalue weighted by molar-refractivity contribution is -0.121. The summed E-state index contributed by atoms with van der Waals surface area (Å²) in [6.45, 7) is 18.6. The van der Waals surface area contributed by atoms with Crippen LogP contribution in [0, 0.1) is 0 Å². The topological polar surface area (TPSA) is 233 Å². The SMILES string of the molecule is C[Si](C)(CCCCC(=O)CCOCCOCCOCCOCCOCCN=[N+]=[N-])O[Si](C)(C)CCCCC(=O)CCOCCOCCOCCOCCOCCN=[N+]=[N-]. The monoisotopic (exact) mass is 881 g/mol. The largest absolute Gasteiger partial charge is 0.455 e. The highest BCUT2D eigenvalue weighted by atomic mass is 28.4. The zero-order chi connectivity index (χ0) is 43.4. The Hall–Kier alpha value is -2.05. The molecule has 344 valence electrons. The van der Waals surface area contributed by atoms with Crippen LogP contribution in [0.4, 0.5) is 0 Å². The van der Waals surface area contributed by atoms with Gasteiger partial charge in [0.15, 0.2) is 16.6 Å². The lowest BCUT2D eigenvalue weighted by atomic mass is 10.1. The summed E-state index contributed by atoms with van der Waals surface area (Å²) in [5.74, 6) is 0.451. The fraction of sp³-hybridized carbons (Fsp3) is 0.947. The number of ether oxygens (including phenoxy) is 10. The fourth-order valence-corrected chi connectivity index (χ4v) is 14.5. The van der Waals surface area contributed by atoms with Gasteiger partial charge in [-0.2, -0.15) is 0 Å². The molecule has 0 aromatic carbocycles. The number of Topliss-reactive ketones (excluding diaryl/α,β-unsaturated/α-hetero) is 2. The highest BCUT2D eigenvalue weighted by Gasteiger charge is 2.32. The minimum absolute atomic E-state index is 0.226. The van der Waals surface area contributed by atoms with Gasteiger partial charge in [0, 0.05) is 48.6 Å². The summed E-state index contributed by atoms with van der Waals surface area (Å²) in [7, 11) is -3.70. The molecule has 0 fully saturated rings. The van der Waals surface area contributed by atoms with Crippen LogP contribution < -0.4 is 0 Å². The first kappa shape index (κ1) is 57.0. The smallest absolute Gasteiger partial charge is 0.173 e. The average molecular weight is 881 g/mol. The van der Waals surface area contributed by atoms with Crippen LogP contribution in [0.5, 0.6) is 0 Å². The molecule has 0 aliphatic rings. The van der Waals surface area contributed by atoms with Gasteiger partial charge < -0.3 is 51.5 Å². The van der Waals surface area contributed by atoms with Gasteiger partial charge in [0.05, 0.1) is 132 Å². The number of hydrogen-bond donors (Lipinski definition) is 0. The van der Waals surface area contributed by atoms with Crippen molar-refractivity contribution < 1.29 is 61.1 Å². The third kappa shape index (κ3) is 45.3. The van der Waals surface area contributed by atoms with Gasteiger partial charge in [0.1, 0.15) is 11.6 Å². The highest BCUT2D eigenvalue weighted by Crippen LogP contribution is 2.25. The average Bonchev–Trinajstić information content (AvgIpc) is 3.19. The maximum atomic E-state index is 12.3. The molecule has 0 radical (unpaired) electrons. The Kier molecular flexibility index (Phi) is 41.2. The van der Waals surface area contributed by atoms with Gasteiger partial charge in [-0.3, -0.25) is 9.59 Å². The normalized spacial score (nSPS) is 11.7. The summed E-state index contributed by atoms with van der Waals surface area (Å²) in [4.78, 5) is 30.0. The minimum Gasteiger partial charge on any atom is -0.455 e. The van der Waals surface area contributed by atoms with Gasteiger partial charge in [-0.15, -0.1) is 0 Å². The molecule has 59 heavy (non-hydrogen) atoms.